The van der Waals surface area contributed by atoms with E-state index in [0.717, 1.165) is 5.56 Å². The number of aromatic hydroxyl groups is 1. The molecule has 0 aliphatic heterocycles. The third-order valence-electron chi connectivity index (χ3n) is 4.20. The van der Waals surface area contributed by atoms with Gasteiger partial charge in [-0.1, -0.05) is 60.7 Å². The van der Waals surface area contributed by atoms with Crippen molar-refractivity contribution in [2.75, 3.05) is 6.54 Å². The molecule has 0 spiro atoms. The molecule has 3 aromatic rings. The molecule has 0 fully saturated rings. The fraction of sp³-hybridized carbons (Fsp3) is 0.0952. The monoisotopic (exact) mass is 378 g/mol. The molecule has 1 amide bonds. The maximum absolute atomic E-state index is 12.5. The summed E-state index contributed by atoms with van der Waals surface area (Å²) in [4.78, 5) is 38.1. The molecule has 0 saturated heterocycles. The van der Waals surface area contributed by atoms with E-state index in [2.05, 4.69) is 10.3 Å². The van der Waals surface area contributed by atoms with Crippen LogP contribution in [0.5, 0.6) is 5.75 Å². The van der Waals surface area contributed by atoms with E-state index in [1.54, 1.807) is 24.3 Å². The first-order valence-electron chi connectivity index (χ1n) is 8.55. The van der Waals surface area contributed by atoms with E-state index < -0.39 is 35.3 Å². The second-order valence-electron chi connectivity index (χ2n) is 6.14. The Kier molecular flexibility index (Phi) is 5.55. The number of carbonyl (C=O) groups is 2. The summed E-state index contributed by atoms with van der Waals surface area (Å²) in [7, 11) is 0. The minimum absolute atomic E-state index is 0.271. The molecule has 1 heterocycles. The normalized spacial score (nSPS) is 10.4. The third kappa shape index (κ3) is 4.09. The van der Waals surface area contributed by atoms with Crippen molar-refractivity contribution >= 4 is 11.9 Å². The number of nitrogens with one attached hydrogen (secondary N) is 2. The maximum atomic E-state index is 12.5. The van der Waals surface area contributed by atoms with Gasteiger partial charge in [-0.3, -0.25) is 14.4 Å². The van der Waals surface area contributed by atoms with Crippen molar-refractivity contribution < 1.29 is 19.8 Å². The first kappa shape index (κ1) is 18.9. The molecule has 0 unspecified atom stereocenters. The van der Waals surface area contributed by atoms with Crippen molar-refractivity contribution in [1.82, 2.24) is 10.3 Å². The second kappa shape index (κ2) is 8.22. The van der Waals surface area contributed by atoms with Crippen LogP contribution in [0.4, 0.5) is 0 Å². The number of hydrogen-bond acceptors (Lipinski definition) is 4. The lowest BCUT2D eigenvalue weighted by Crippen LogP contribution is -2.34. The molecule has 0 saturated carbocycles. The molecule has 1 aromatic heterocycles. The fourth-order valence-electron chi connectivity index (χ4n) is 2.91. The molecular formula is C21H18N2O5. The third-order valence-corrected chi connectivity index (χ3v) is 4.20. The van der Waals surface area contributed by atoms with Crippen LogP contribution < -0.4 is 10.9 Å². The molecule has 0 atom stereocenters. The van der Waals surface area contributed by atoms with Gasteiger partial charge in [0.05, 0.1) is 5.69 Å². The lowest BCUT2D eigenvalue weighted by molar-refractivity contribution is -0.135. The number of rotatable bonds is 6. The van der Waals surface area contributed by atoms with Crippen LogP contribution >= 0.6 is 0 Å². The van der Waals surface area contributed by atoms with Gasteiger partial charge in [0.2, 0.25) is 0 Å². The highest BCUT2D eigenvalue weighted by Crippen LogP contribution is 2.31. The number of carboxylic acids is 1. The van der Waals surface area contributed by atoms with Gasteiger partial charge in [-0.25, -0.2) is 0 Å². The number of hydrogen-bond donors (Lipinski definition) is 4. The molecule has 7 nitrogen and oxygen atoms in total. The zero-order valence-corrected chi connectivity index (χ0v) is 14.8. The van der Waals surface area contributed by atoms with Crippen LogP contribution in [0.2, 0.25) is 0 Å². The smallest absolute Gasteiger partial charge is 0.322 e. The first-order valence-corrected chi connectivity index (χ1v) is 8.55. The SMILES string of the molecule is O=C(O)CNC(=O)c1c(O)c(Cc2ccccc2)c(-c2ccccc2)[nH]c1=O. The standard InChI is InChI=1S/C21H18N2O5/c24-16(25)12-22-20(27)17-19(26)15(11-13-7-3-1-4-8-13)18(23-21(17)28)14-9-5-2-6-10-14/h1-10H,11-12H2,(H,22,27)(H,24,25)(H2,23,26,28). The Morgan fingerprint density at radius 2 is 1.57 bits per heavy atom. The number of pyridine rings is 1. The van der Waals surface area contributed by atoms with E-state index in [1.165, 1.54) is 0 Å². The molecule has 0 radical (unpaired) electrons. The average Bonchev–Trinajstić information content (AvgIpc) is 2.70. The molecule has 0 bridgehead atoms. The quantitative estimate of drug-likeness (QED) is 0.524. The van der Waals surface area contributed by atoms with Gasteiger partial charge in [0.25, 0.3) is 11.5 Å². The lowest BCUT2D eigenvalue weighted by Gasteiger charge is -2.15. The number of H-pyrrole nitrogens is 1. The summed E-state index contributed by atoms with van der Waals surface area (Å²) in [6, 6.07) is 18.3. The summed E-state index contributed by atoms with van der Waals surface area (Å²) in [5.74, 6) is -2.67. The van der Waals surface area contributed by atoms with Crippen LogP contribution in [0.15, 0.2) is 65.5 Å². The minimum Gasteiger partial charge on any atom is -0.507 e. The topological polar surface area (TPSA) is 119 Å². The molecule has 3 rings (SSSR count). The minimum atomic E-state index is -1.25. The summed E-state index contributed by atoms with van der Waals surface area (Å²) in [5, 5.41) is 21.6. The van der Waals surface area contributed by atoms with Crippen molar-refractivity contribution in [3.05, 3.63) is 87.7 Å². The summed E-state index contributed by atoms with van der Waals surface area (Å²) < 4.78 is 0. The summed E-state index contributed by atoms with van der Waals surface area (Å²) in [6.07, 6.45) is 0.271. The van der Waals surface area contributed by atoms with E-state index in [9.17, 15) is 19.5 Å². The number of benzene rings is 2. The van der Waals surface area contributed by atoms with Gasteiger partial charge in [0, 0.05) is 12.0 Å². The Morgan fingerprint density at radius 3 is 2.18 bits per heavy atom. The Bertz CT molecular complexity index is 1060. The van der Waals surface area contributed by atoms with Gasteiger partial charge in [-0.05, 0) is 11.1 Å². The Hall–Kier alpha value is -3.87. The van der Waals surface area contributed by atoms with Crippen LogP contribution in [0, 0.1) is 0 Å². The van der Waals surface area contributed by atoms with Crippen molar-refractivity contribution in [1.29, 1.82) is 0 Å². The maximum Gasteiger partial charge on any atom is 0.322 e. The zero-order valence-electron chi connectivity index (χ0n) is 14.8. The fourth-order valence-corrected chi connectivity index (χ4v) is 2.91. The van der Waals surface area contributed by atoms with E-state index in [-0.39, 0.29) is 6.42 Å². The Morgan fingerprint density at radius 1 is 0.964 bits per heavy atom. The van der Waals surface area contributed by atoms with E-state index >= 15 is 0 Å². The lowest BCUT2D eigenvalue weighted by atomic mass is 9.96. The predicted octanol–water partition coefficient (Wildman–Crippen LogP) is 2.15. The van der Waals surface area contributed by atoms with Gasteiger partial charge in [-0.2, -0.15) is 0 Å². The summed E-state index contributed by atoms with van der Waals surface area (Å²) in [5.41, 5.74) is 1.03. The Balaban J connectivity index is 2.14. The molecule has 0 aliphatic rings. The molecule has 4 N–H and O–H groups in total. The second-order valence-corrected chi connectivity index (χ2v) is 6.14. The number of carboxylic acid groups (broad SMARTS) is 1. The number of amides is 1. The van der Waals surface area contributed by atoms with E-state index in [1.807, 2.05) is 36.4 Å². The molecular weight excluding hydrogens is 360 g/mol. The molecule has 142 valence electrons. The van der Waals surface area contributed by atoms with Crippen LogP contribution in [-0.4, -0.2) is 33.6 Å². The van der Waals surface area contributed by atoms with Crippen LogP contribution in [0.3, 0.4) is 0 Å². The molecule has 0 aliphatic carbocycles. The zero-order chi connectivity index (χ0) is 20.1. The average molecular weight is 378 g/mol. The number of aromatic amines is 1. The molecule has 7 heteroatoms. The van der Waals surface area contributed by atoms with Gasteiger partial charge in [0.1, 0.15) is 17.9 Å². The van der Waals surface area contributed by atoms with Crippen molar-refractivity contribution in [3.63, 3.8) is 0 Å². The molecule has 2 aromatic carbocycles. The summed E-state index contributed by atoms with van der Waals surface area (Å²) >= 11 is 0. The summed E-state index contributed by atoms with van der Waals surface area (Å²) in [6.45, 7) is -0.661. The highest BCUT2D eigenvalue weighted by Gasteiger charge is 2.23. The first-order chi connectivity index (χ1) is 13.5. The largest absolute Gasteiger partial charge is 0.507 e. The van der Waals surface area contributed by atoms with Crippen LogP contribution in [0.25, 0.3) is 11.3 Å². The van der Waals surface area contributed by atoms with Crippen LogP contribution in [-0.2, 0) is 11.2 Å². The van der Waals surface area contributed by atoms with Crippen molar-refractivity contribution in [3.8, 4) is 17.0 Å². The number of aliphatic carboxylic acids is 1. The van der Waals surface area contributed by atoms with Gasteiger partial charge < -0.3 is 20.5 Å². The Labute approximate surface area is 160 Å². The van der Waals surface area contributed by atoms with E-state index in [4.69, 9.17) is 5.11 Å². The molecule has 28 heavy (non-hydrogen) atoms. The van der Waals surface area contributed by atoms with Gasteiger partial charge in [-0.15, -0.1) is 0 Å². The number of carbonyl (C=O) groups excluding carboxylic acids is 1. The van der Waals surface area contributed by atoms with Crippen molar-refractivity contribution in [2.24, 2.45) is 0 Å². The van der Waals surface area contributed by atoms with E-state index in [0.29, 0.717) is 16.8 Å². The van der Waals surface area contributed by atoms with Gasteiger partial charge in [0.15, 0.2) is 0 Å². The highest BCUT2D eigenvalue weighted by molar-refractivity contribution is 5.98. The van der Waals surface area contributed by atoms with Crippen molar-refractivity contribution in [2.45, 2.75) is 6.42 Å². The number of aromatic nitrogens is 1. The predicted molar refractivity (Wildman–Crippen MR) is 103 cm³/mol. The van der Waals surface area contributed by atoms with Gasteiger partial charge >= 0.3 is 5.97 Å². The highest BCUT2D eigenvalue weighted by atomic mass is 16.4. The van der Waals surface area contributed by atoms with Crippen LogP contribution in [0.1, 0.15) is 21.5 Å².